The lowest BCUT2D eigenvalue weighted by Crippen LogP contribution is -2.14. The number of non-ortho nitro benzene ring substituents is 1. The first-order chi connectivity index (χ1) is 9.47. The molecule has 0 aliphatic heterocycles. The van der Waals surface area contributed by atoms with Gasteiger partial charge in [-0.3, -0.25) is 14.9 Å². The molecule has 0 saturated heterocycles. The van der Waals surface area contributed by atoms with E-state index in [2.05, 4.69) is 5.32 Å². The number of carbonyl (C=O) groups is 1. The second-order valence-electron chi connectivity index (χ2n) is 3.88. The van der Waals surface area contributed by atoms with Crippen LogP contribution in [0.3, 0.4) is 0 Å². The van der Waals surface area contributed by atoms with Crippen molar-refractivity contribution in [1.29, 1.82) is 0 Å². The van der Waals surface area contributed by atoms with Crippen molar-refractivity contribution in [2.75, 3.05) is 5.32 Å². The number of nitrogens with one attached hydrogen (secondary N) is 1. The maximum atomic E-state index is 13.5. The normalized spacial score (nSPS) is 10.1. The summed E-state index contributed by atoms with van der Waals surface area (Å²) in [6.45, 7) is 0. The van der Waals surface area contributed by atoms with E-state index >= 15 is 0 Å². The van der Waals surface area contributed by atoms with E-state index in [0.717, 1.165) is 18.2 Å². The smallest absolute Gasteiger partial charge is 0.270 e. The SMILES string of the molecule is O=C(Nc1ccc(Cl)cc1)c1cc([N+](=O)[O-])ccc1F. The van der Waals surface area contributed by atoms with Crippen molar-refractivity contribution in [3.8, 4) is 0 Å². The van der Waals surface area contributed by atoms with Crippen LogP contribution in [0.4, 0.5) is 15.8 Å². The van der Waals surface area contributed by atoms with Crippen LogP contribution in [0, 0.1) is 15.9 Å². The molecule has 0 heterocycles. The molecule has 7 heteroatoms. The van der Waals surface area contributed by atoms with E-state index < -0.39 is 22.2 Å². The largest absolute Gasteiger partial charge is 0.322 e. The van der Waals surface area contributed by atoms with Gasteiger partial charge in [0.25, 0.3) is 11.6 Å². The number of nitrogens with zero attached hydrogens (tertiary/aromatic N) is 1. The Kier molecular flexibility index (Phi) is 3.95. The zero-order chi connectivity index (χ0) is 14.7. The van der Waals surface area contributed by atoms with Gasteiger partial charge < -0.3 is 5.32 Å². The lowest BCUT2D eigenvalue weighted by molar-refractivity contribution is -0.384. The molecule has 0 unspecified atom stereocenters. The number of hydrogen-bond donors (Lipinski definition) is 1. The zero-order valence-electron chi connectivity index (χ0n) is 9.97. The number of benzene rings is 2. The molecule has 2 rings (SSSR count). The van der Waals surface area contributed by atoms with Crippen LogP contribution in [0.5, 0.6) is 0 Å². The minimum Gasteiger partial charge on any atom is -0.322 e. The van der Waals surface area contributed by atoms with Gasteiger partial charge in [0.05, 0.1) is 10.5 Å². The minimum atomic E-state index is -0.831. The van der Waals surface area contributed by atoms with Crippen LogP contribution >= 0.6 is 11.6 Å². The van der Waals surface area contributed by atoms with Gasteiger partial charge in [0.1, 0.15) is 5.82 Å². The first kappa shape index (κ1) is 14.0. The standard InChI is InChI=1S/C13H8ClFN2O3/c14-8-1-3-9(4-2-8)16-13(18)11-7-10(17(19)20)5-6-12(11)15/h1-7H,(H,16,18). The van der Waals surface area contributed by atoms with Crippen LogP contribution in [0.15, 0.2) is 42.5 Å². The predicted molar refractivity (Wildman–Crippen MR) is 72.5 cm³/mol. The zero-order valence-corrected chi connectivity index (χ0v) is 10.7. The van der Waals surface area contributed by atoms with Gasteiger partial charge in [0.2, 0.25) is 0 Å². The van der Waals surface area contributed by atoms with Crippen LogP contribution in [0.25, 0.3) is 0 Å². The number of anilines is 1. The molecule has 0 aliphatic rings. The van der Waals surface area contributed by atoms with E-state index in [4.69, 9.17) is 11.6 Å². The Morgan fingerprint density at radius 2 is 1.85 bits per heavy atom. The molecule has 5 nitrogen and oxygen atoms in total. The van der Waals surface area contributed by atoms with Crippen molar-refractivity contribution in [3.63, 3.8) is 0 Å². The van der Waals surface area contributed by atoms with E-state index in [1.54, 1.807) is 12.1 Å². The van der Waals surface area contributed by atoms with E-state index in [1.165, 1.54) is 12.1 Å². The summed E-state index contributed by atoms with van der Waals surface area (Å²) in [5.41, 5.74) is -0.341. The highest BCUT2D eigenvalue weighted by atomic mass is 35.5. The Morgan fingerprint density at radius 3 is 2.45 bits per heavy atom. The van der Waals surface area contributed by atoms with Crippen LogP contribution in [-0.4, -0.2) is 10.8 Å². The van der Waals surface area contributed by atoms with E-state index in [1.807, 2.05) is 0 Å². The van der Waals surface area contributed by atoms with Gasteiger partial charge in [-0.05, 0) is 30.3 Å². The number of nitro benzene ring substituents is 1. The van der Waals surface area contributed by atoms with Gasteiger partial charge in [0, 0.05) is 22.8 Å². The number of rotatable bonds is 3. The highest BCUT2D eigenvalue weighted by molar-refractivity contribution is 6.30. The second kappa shape index (κ2) is 5.66. The minimum absolute atomic E-state index is 0.354. The Bertz CT molecular complexity index is 674. The van der Waals surface area contributed by atoms with Crippen LogP contribution in [-0.2, 0) is 0 Å². The fourth-order valence-electron chi connectivity index (χ4n) is 1.53. The first-order valence-corrected chi connectivity index (χ1v) is 5.86. The summed E-state index contributed by atoms with van der Waals surface area (Å²) in [7, 11) is 0. The van der Waals surface area contributed by atoms with E-state index in [9.17, 15) is 19.3 Å². The molecular weight excluding hydrogens is 287 g/mol. The van der Waals surface area contributed by atoms with Gasteiger partial charge in [-0.25, -0.2) is 4.39 Å². The van der Waals surface area contributed by atoms with Crippen molar-refractivity contribution in [1.82, 2.24) is 0 Å². The average molecular weight is 295 g/mol. The summed E-state index contributed by atoms with van der Waals surface area (Å²) in [6.07, 6.45) is 0. The van der Waals surface area contributed by atoms with Crippen molar-refractivity contribution in [3.05, 3.63) is 69.0 Å². The summed E-state index contributed by atoms with van der Waals surface area (Å²) < 4.78 is 13.5. The number of carbonyl (C=O) groups excluding carboxylic acids is 1. The summed E-state index contributed by atoms with van der Waals surface area (Å²) >= 11 is 5.70. The Balaban J connectivity index is 2.26. The quantitative estimate of drug-likeness (QED) is 0.694. The van der Waals surface area contributed by atoms with Gasteiger partial charge in [-0.15, -0.1) is 0 Å². The van der Waals surface area contributed by atoms with Gasteiger partial charge in [0.15, 0.2) is 0 Å². The first-order valence-electron chi connectivity index (χ1n) is 5.48. The summed E-state index contributed by atoms with van der Waals surface area (Å²) in [4.78, 5) is 21.8. The molecule has 102 valence electrons. The van der Waals surface area contributed by atoms with E-state index in [-0.39, 0.29) is 5.69 Å². The maximum Gasteiger partial charge on any atom is 0.270 e. The Labute approximate surface area is 118 Å². The molecule has 20 heavy (non-hydrogen) atoms. The van der Waals surface area contributed by atoms with Crippen molar-refractivity contribution < 1.29 is 14.1 Å². The monoisotopic (exact) mass is 294 g/mol. The highest BCUT2D eigenvalue weighted by Gasteiger charge is 2.17. The van der Waals surface area contributed by atoms with Crippen LogP contribution in [0.1, 0.15) is 10.4 Å². The number of halogens is 2. The number of nitro groups is 1. The number of hydrogen-bond acceptors (Lipinski definition) is 3. The fraction of sp³-hybridized carbons (Fsp3) is 0. The third kappa shape index (κ3) is 3.10. The fourth-order valence-corrected chi connectivity index (χ4v) is 1.66. The van der Waals surface area contributed by atoms with Gasteiger partial charge in [-0.2, -0.15) is 0 Å². The van der Waals surface area contributed by atoms with Gasteiger partial charge >= 0.3 is 0 Å². The average Bonchev–Trinajstić information content (AvgIpc) is 2.41. The van der Waals surface area contributed by atoms with E-state index in [0.29, 0.717) is 10.7 Å². The molecule has 0 radical (unpaired) electrons. The molecule has 0 aliphatic carbocycles. The van der Waals surface area contributed by atoms with Crippen molar-refractivity contribution >= 4 is 28.9 Å². The third-order valence-corrected chi connectivity index (χ3v) is 2.76. The third-order valence-electron chi connectivity index (χ3n) is 2.51. The molecule has 0 saturated carbocycles. The molecule has 0 fully saturated rings. The summed E-state index contributed by atoms with van der Waals surface area (Å²) in [5.74, 6) is -1.60. The lowest BCUT2D eigenvalue weighted by Gasteiger charge is -2.06. The van der Waals surface area contributed by atoms with Crippen LogP contribution < -0.4 is 5.32 Å². The second-order valence-corrected chi connectivity index (χ2v) is 4.32. The molecule has 1 amide bonds. The molecule has 2 aromatic rings. The topological polar surface area (TPSA) is 72.2 Å². The summed E-state index contributed by atoms with van der Waals surface area (Å²) in [6, 6.07) is 8.96. The predicted octanol–water partition coefficient (Wildman–Crippen LogP) is 3.64. The van der Waals surface area contributed by atoms with Gasteiger partial charge in [-0.1, -0.05) is 11.6 Å². The molecule has 0 aromatic heterocycles. The molecule has 2 aromatic carbocycles. The number of amides is 1. The lowest BCUT2D eigenvalue weighted by atomic mass is 10.1. The van der Waals surface area contributed by atoms with Crippen molar-refractivity contribution in [2.45, 2.75) is 0 Å². The Hall–Kier alpha value is -2.47. The van der Waals surface area contributed by atoms with Crippen molar-refractivity contribution in [2.24, 2.45) is 0 Å². The highest BCUT2D eigenvalue weighted by Crippen LogP contribution is 2.19. The molecule has 0 atom stereocenters. The Morgan fingerprint density at radius 1 is 1.20 bits per heavy atom. The molecule has 1 N–H and O–H groups in total. The molecule has 0 spiro atoms. The molecular formula is C13H8ClFN2O3. The maximum absolute atomic E-state index is 13.5. The summed E-state index contributed by atoms with van der Waals surface area (Å²) in [5, 5.41) is 13.5. The molecule has 0 bridgehead atoms. The van der Waals surface area contributed by atoms with Crippen LogP contribution in [0.2, 0.25) is 5.02 Å².